The third-order valence-corrected chi connectivity index (χ3v) is 8.82. The molecule has 0 spiro atoms. The molecule has 0 aliphatic carbocycles. The maximum Gasteiger partial charge on any atom is 0.293 e. The van der Waals surface area contributed by atoms with Gasteiger partial charge in [-0.15, -0.1) is 22.7 Å². The zero-order valence-electron chi connectivity index (χ0n) is 24.9. The molecule has 11 nitrogen and oxygen atoms in total. The third kappa shape index (κ3) is 7.20. The van der Waals surface area contributed by atoms with Gasteiger partial charge < -0.3 is 24.8 Å². The number of hydrogen-bond donors (Lipinski definition) is 2. The van der Waals surface area contributed by atoms with Crippen molar-refractivity contribution in [3.05, 3.63) is 88.7 Å². The van der Waals surface area contributed by atoms with E-state index in [1.807, 2.05) is 25.1 Å². The number of phenolic OH excluding ortho intramolecular Hbond substituents is 1. The number of aromatic nitrogens is 2. The summed E-state index contributed by atoms with van der Waals surface area (Å²) in [5.74, 6) is 0.571. The van der Waals surface area contributed by atoms with Crippen molar-refractivity contribution in [2.45, 2.75) is 6.92 Å². The van der Waals surface area contributed by atoms with E-state index >= 15 is 0 Å². The Labute approximate surface area is 270 Å². The Hall–Kier alpha value is -5.18. The van der Waals surface area contributed by atoms with E-state index in [1.54, 1.807) is 49.5 Å². The Balaban J connectivity index is 0.000000192. The van der Waals surface area contributed by atoms with Crippen LogP contribution >= 0.6 is 22.7 Å². The Morgan fingerprint density at radius 1 is 0.978 bits per heavy atom. The molecule has 0 bridgehead atoms. The monoisotopic (exact) mass is 660 g/mol. The molecule has 0 saturated heterocycles. The van der Waals surface area contributed by atoms with Crippen molar-refractivity contribution in [1.29, 1.82) is 0 Å². The second-order valence-electron chi connectivity index (χ2n) is 9.70. The number of amides is 1. The van der Waals surface area contributed by atoms with E-state index in [0.29, 0.717) is 35.0 Å². The second-order valence-corrected chi connectivity index (χ2v) is 11.8. The molecular weight excluding hydrogens is 633 g/mol. The summed E-state index contributed by atoms with van der Waals surface area (Å²) >= 11 is 2.84. The van der Waals surface area contributed by atoms with Crippen molar-refractivity contribution in [3.63, 3.8) is 0 Å². The van der Waals surface area contributed by atoms with Crippen molar-refractivity contribution in [3.8, 4) is 32.6 Å². The predicted octanol–water partition coefficient (Wildman–Crippen LogP) is 7.69. The molecule has 0 saturated carbocycles. The van der Waals surface area contributed by atoms with Crippen LogP contribution in [0.25, 0.3) is 41.6 Å². The number of phenols is 1. The van der Waals surface area contributed by atoms with Crippen molar-refractivity contribution in [1.82, 2.24) is 9.97 Å². The summed E-state index contributed by atoms with van der Waals surface area (Å²) in [6.45, 7) is 2.63. The molecule has 1 amide bonds. The summed E-state index contributed by atoms with van der Waals surface area (Å²) in [7, 11) is 3.15. The molecule has 6 rings (SSSR count). The first-order valence-electron chi connectivity index (χ1n) is 13.9. The van der Waals surface area contributed by atoms with Crippen molar-refractivity contribution in [2.75, 3.05) is 37.7 Å². The van der Waals surface area contributed by atoms with E-state index < -0.39 is 4.92 Å². The van der Waals surface area contributed by atoms with Gasteiger partial charge >= 0.3 is 0 Å². The van der Waals surface area contributed by atoms with Gasteiger partial charge in [0.2, 0.25) is 6.41 Å². The molecule has 0 fully saturated rings. The van der Waals surface area contributed by atoms with Crippen LogP contribution in [0, 0.1) is 15.9 Å². The van der Waals surface area contributed by atoms with Crippen molar-refractivity contribution in [2.24, 2.45) is 0 Å². The van der Waals surface area contributed by atoms with Crippen LogP contribution in [0.2, 0.25) is 0 Å². The SMILES string of the molecule is CCOCOc1ccc2nc(-c3ccc(N(C)C=O)c([N+](=O)[O-])c3)sc2c1.CNc1ccc(-c2nc3ccc(O)cc3s2)cc1[18F]. The molecule has 2 N–H and O–H groups in total. The van der Waals surface area contributed by atoms with Crippen LogP contribution in [-0.2, 0) is 9.53 Å². The van der Waals surface area contributed by atoms with E-state index in [0.717, 1.165) is 31.0 Å². The lowest BCUT2D eigenvalue weighted by atomic mass is 10.1. The third-order valence-electron chi connectivity index (χ3n) is 6.69. The molecule has 6 aromatic rings. The largest absolute Gasteiger partial charge is 0.508 e. The summed E-state index contributed by atoms with van der Waals surface area (Å²) in [6, 6.07) is 20.2. The van der Waals surface area contributed by atoms with E-state index in [2.05, 4.69) is 15.3 Å². The van der Waals surface area contributed by atoms with Gasteiger partial charge in [-0.1, -0.05) is 0 Å². The van der Waals surface area contributed by atoms with Gasteiger partial charge in [0, 0.05) is 37.9 Å². The average Bonchev–Trinajstić information content (AvgIpc) is 3.68. The minimum atomic E-state index is -0.508. The first-order valence-corrected chi connectivity index (χ1v) is 15.5. The van der Waals surface area contributed by atoms with Crippen LogP contribution in [0.3, 0.4) is 0 Å². The molecule has 46 heavy (non-hydrogen) atoms. The fourth-order valence-electron chi connectivity index (χ4n) is 4.36. The Bertz CT molecular complexity index is 2030. The van der Waals surface area contributed by atoms with E-state index in [1.165, 1.54) is 46.8 Å². The number of nitrogens with zero attached hydrogens (tertiary/aromatic N) is 4. The van der Waals surface area contributed by atoms with Crippen LogP contribution in [-0.4, -0.2) is 53.9 Å². The highest BCUT2D eigenvalue weighted by Crippen LogP contribution is 2.37. The quantitative estimate of drug-likeness (QED) is 0.0498. The van der Waals surface area contributed by atoms with Crippen LogP contribution in [0.15, 0.2) is 72.8 Å². The molecule has 14 heteroatoms. The first kappa shape index (κ1) is 32.2. The van der Waals surface area contributed by atoms with Gasteiger partial charge in [-0.2, -0.15) is 0 Å². The smallest absolute Gasteiger partial charge is 0.293 e. The van der Waals surface area contributed by atoms with Crippen molar-refractivity contribution < 1.29 is 28.7 Å². The lowest BCUT2D eigenvalue weighted by molar-refractivity contribution is -0.384. The van der Waals surface area contributed by atoms with Gasteiger partial charge in [0.1, 0.15) is 33.0 Å². The summed E-state index contributed by atoms with van der Waals surface area (Å²) in [4.78, 5) is 32.0. The van der Waals surface area contributed by atoms with E-state index in [9.17, 15) is 24.4 Å². The number of ether oxygens (including phenoxy) is 2. The fraction of sp³-hybridized carbons (Fsp3) is 0.156. The molecule has 2 aromatic heterocycles. The number of carbonyl (C=O) groups excluding carboxylic acids is 1. The van der Waals surface area contributed by atoms with Crippen LogP contribution in [0.4, 0.5) is 21.5 Å². The topological polar surface area (TPSA) is 140 Å². The summed E-state index contributed by atoms with van der Waals surface area (Å²) in [5, 5.41) is 25.0. The highest BCUT2D eigenvalue weighted by Gasteiger charge is 2.19. The van der Waals surface area contributed by atoms with E-state index in [4.69, 9.17) is 9.47 Å². The summed E-state index contributed by atoms with van der Waals surface area (Å²) in [5.41, 5.74) is 3.46. The summed E-state index contributed by atoms with van der Waals surface area (Å²) in [6.07, 6.45) is 0.531. The number of nitrogens with one attached hydrogen (secondary N) is 1. The highest BCUT2D eigenvalue weighted by atomic mass is 32.1. The highest BCUT2D eigenvalue weighted by molar-refractivity contribution is 7.22. The van der Waals surface area contributed by atoms with Gasteiger partial charge in [-0.05, 0) is 73.7 Å². The van der Waals surface area contributed by atoms with Crippen LogP contribution in [0.5, 0.6) is 11.5 Å². The maximum atomic E-state index is 13.7. The minimum Gasteiger partial charge on any atom is -0.508 e. The minimum absolute atomic E-state index is 0.151. The molecule has 0 radical (unpaired) electrons. The second kappa shape index (κ2) is 14.3. The number of rotatable bonds is 10. The lowest BCUT2D eigenvalue weighted by Crippen LogP contribution is -2.15. The molecular formula is C32H28FN5O6S2. The van der Waals surface area contributed by atoms with Gasteiger partial charge in [0.15, 0.2) is 6.79 Å². The Morgan fingerprint density at radius 3 is 2.26 bits per heavy atom. The standard InChI is InChI=1S/C18H17N3O5S.C14H11FN2OS/c1-3-25-11-26-13-5-6-14-17(9-13)27-18(19-14)12-4-7-15(20(2)10-22)16(8-12)21(23)24;1-16-11-4-2-8(6-10(11)15)14-17-12-5-3-9(18)7-13(12)19-14/h4-10H,3,11H2,1-2H3;2-7,16,18H,1H3/i;15-1. The van der Waals surface area contributed by atoms with Crippen LogP contribution < -0.4 is 15.0 Å². The number of hydrogen-bond acceptors (Lipinski definition) is 11. The van der Waals surface area contributed by atoms with Gasteiger partial charge in [-0.3, -0.25) is 14.9 Å². The average molecular weight is 661 g/mol. The number of fused-ring (bicyclic) bond motifs is 2. The normalized spacial score (nSPS) is 10.8. The molecule has 0 aliphatic rings. The van der Waals surface area contributed by atoms with Gasteiger partial charge in [0.25, 0.3) is 5.69 Å². The predicted molar refractivity (Wildman–Crippen MR) is 180 cm³/mol. The number of aromatic hydroxyl groups is 1. The number of nitro benzene ring substituents is 1. The molecule has 2 heterocycles. The van der Waals surface area contributed by atoms with Crippen molar-refractivity contribution >= 4 is 66.6 Å². The number of halogens is 1. The summed E-state index contributed by atoms with van der Waals surface area (Å²) < 4.78 is 26.2. The molecule has 236 valence electrons. The number of carbonyl (C=O) groups is 1. The zero-order chi connectivity index (χ0) is 32.8. The number of anilines is 2. The fourth-order valence-corrected chi connectivity index (χ4v) is 6.34. The molecule has 4 aromatic carbocycles. The van der Waals surface area contributed by atoms with Gasteiger partial charge in [-0.25, -0.2) is 14.4 Å². The number of thiazole rings is 2. The Kier molecular flexibility index (Phi) is 10.0. The van der Waals surface area contributed by atoms with Gasteiger partial charge in [0.05, 0.1) is 31.0 Å². The first-order chi connectivity index (χ1) is 22.2. The molecule has 0 unspecified atom stereocenters. The lowest BCUT2D eigenvalue weighted by Gasteiger charge is -2.11. The molecule has 0 aliphatic heterocycles. The number of benzene rings is 4. The number of nitro groups is 1. The zero-order valence-corrected chi connectivity index (χ0v) is 26.5. The van der Waals surface area contributed by atoms with E-state index in [-0.39, 0.29) is 29.7 Å². The maximum absolute atomic E-state index is 13.7. The Morgan fingerprint density at radius 2 is 1.63 bits per heavy atom. The van der Waals surface area contributed by atoms with Crippen LogP contribution in [0.1, 0.15) is 6.92 Å². The molecule has 0 atom stereocenters.